The van der Waals surface area contributed by atoms with Crippen molar-refractivity contribution in [3.63, 3.8) is 0 Å². The van der Waals surface area contributed by atoms with Crippen LogP contribution < -0.4 is 14.2 Å². The SMILES string of the molecule is COc1cc(OC)cc(OCC(=O)c2cc(C)n(C3CCCC3)c2C)c1. The minimum absolute atomic E-state index is 0.00865. The summed E-state index contributed by atoms with van der Waals surface area (Å²) in [7, 11) is 3.17. The molecule has 0 spiro atoms. The fraction of sp³-hybridized carbons (Fsp3) is 0.476. The zero-order valence-corrected chi connectivity index (χ0v) is 16.0. The summed E-state index contributed by atoms with van der Waals surface area (Å²) in [5, 5.41) is 0. The smallest absolute Gasteiger partial charge is 0.202 e. The Morgan fingerprint density at radius 2 is 1.58 bits per heavy atom. The van der Waals surface area contributed by atoms with Crippen molar-refractivity contribution in [3.8, 4) is 17.2 Å². The molecule has 0 unspecified atom stereocenters. The first-order chi connectivity index (χ1) is 12.5. The summed E-state index contributed by atoms with van der Waals surface area (Å²) in [5.74, 6) is 1.81. The minimum Gasteiger partial charge on any atom is -0.496 e. The van der Waals surface area contributed by atoms with Gasteiger partial charge in [0, 0.05) is 41.2 Å². The average Bonchev–Trinajstić information content (AvgIpc) is 3.27. The highest BCUT2D eigenvalue weighted by Crippen LogP contribution is 2.33. The molecule has 3 rings (SSSR count). The quantitative estimate of drug-likeness (QED) is 0.685. The predicted molar refractivity (Wildman–Crippen MR) is 101 cm³/mol. The highest BCUT2D eigenvalue weighted by Gasteiger charge is 2.23. The predicted octanol–water partition coefficient (Wildman–Crippen LogP) is 4.50. The first-order valence-corrected chi connectivity index (χ1v) is 9.11. The Morgan fingerprint density at radius 3 is 2.15 bits per heavy atom. The highest BCUT2D eigenvalue weighted by molar-refractivity contribution is 5.98. The molecule has 1 aromatic carbocycles. The van der Waals surface area contributed by atoms with Gasteiger partial charge in [0.05, 0.1) is 14.2 Å². The summed E-state index contributed by atoms with van der Waals surface area (Å²) in [6.45, 7) is 4.11. The van der Waals surface area contributed by atoms with Gasteiger partial charge in [0.25, 0.3) is 0 Å². The number of methoxy groups -OCH3 is 2. The van der Waals surface area contributed by atoms with Crippen molar-refractivity contribution in [1.29, 1.82) is 0 Å². The number of hydrogen-bond acceptors (Lipinski definition) is 4. The van der Waals surface area contributed by atoms with Crippen molar-refractivity contribution >= 4 is 5.78 Å². The van der Waals surface area contributed by atoms with Crippen LogP contribution in [0, 0.1) is 13.8 Å². The van der Waals surface area contributed by atoms with Gasteiger partial charge in [-0.2, -0.15) is 0 Å². The summed E-state index contributed by atoms with van der Waals surface area (Å²) >= 11 is 0. The summed E-state index contributed by atoms with van der Waals surface area (Å²) in [5.41, 5.74) is 2.95. The molecule has 0 radical (unpaired) electrons. The van der Waals surface area contributed by atoms with Gasteiger partial charge in [-0.3, -0.25) is 4.79 Å². The van der Waals surface area contributed by atoms with E-state index in [1.807, 2.05) is 13.0 Å². The zero-order valence-electron chi connectivity index (χ0n) is 16.0. The lowest BCUT2D eigenvalue weighted by molar-refractivity contribution is 0.0920. The van der Waals surface area contributed by atoms with Crippen LogP contribution in [0.5, 0.6) is 17.2 Å². The Kier molecular flexibility index (Phi) is 5.55. The maximum Gasteiger partial charge on any atom is 0.202 e. The van der Waals surface area contributed by atoms with Gasteiger partial charge in [-0.05, 0) is 32.8 Å². The van der Waals surface area contributed by atoms with Crippen molar-refractivity contribution in [3.05, 3.63) is 41.2 Å². The van der Waals surface area contributed by atoms with E-state index in [4.69, 9.17) is 14.2 Å². The molecule has 140 valence electrons. The third-order valence-electron chi connectivity index (χ3n) is 5.17. The summed E-state index contributed by atoms with van der Waals surface area (Å²) < 4.78 is 18.5. The van der Waals surface area contributed by atoms with Crippen LogP contribution in [0.1, 0.15) is 53.5 Å². The topological polar surface area (TPSA) is 49.7 Å². The van der Waals surface area contributed by atoms with Crippen LogP contribution >= 0.6 is 0 Å². The Bertz CT molecular complexity index is 765. The van der Waals surface area contributed by atoms with E-state index in [-0.39, 0.29) is 12.4 Å². The molecule has 0 N–H and O–H groups in total. The standard InChI is InChI=1S/C21H27NO4/c1-14-9-20(15(2)22(14)16-7-5-6-8-16)21(23)13-26-19-11-17(24-3)10-18(12-19)25-4/h9-12,16H,5-8,13H2,1-4H3. The maximum absolute atomic E-state index is 12.7. The second-order valence-corrected chi connectivity index (χ2v) is 6.85. The van der Waals surface area contributed by atoms with E-state index in [9.17, 15) is 4.79 Å². The fourth-order valence-electron chi connectivity index (χ4n) is 3.88. The lowest BCUT2D eigenvalue weighted by atomic mass is 10.1. The number of aromatic nitrogens is 1. The molecule has 1 aliphatic rings. The van der Waals surface area contributed by atoms with Gasteiger partial charge >= 0.3 is 0 Å². The molecule has 1 fully saturated rings. The lowest BCUT2D eigenvalue weighted by Crippen LogP contribution is -2.14. The van der Waals surface area contributed by atoms with E-state index >= 15 is 0 Å². The number of ketones is 1. The van der Waals surface area contributed by atoms with Gasteiger partial charge in [0.2, 0.25) is 5.78 Å². The molecule has 1 aromatic heterocycles. The van der Waals surface area contributed by atoms with Gasteiger partial charge in [0.15, 0.2) is 6.61 Å². The van der Waals surface area contributed by atoms with Gasteiger partial charge in [-0.25, -0.2) is 0 Å². The van der Waals surface area contributed by atoms with E-state index in [0.29, 0.717) is 23.3 Å². The largest absolute Gasteiger partial charge is 0.496 e. The molecule has 1 aliphatic carbocycles. The molecular weight excluding hydrogens is 330 g/mol. The Balaban J connectivity index is 1.74. The number of hydrogen-bond donors (Lipinski definition) is 0. The van der Waals surface area contributed by atoms with E-state index in [1.54, 1.807) is 32.4 Å². The van der Waals surface area contributed by atoms with E-state index in [2.05, 4.69) is 11.5 Å². The second-order valence-electron chi connectivity index (χ2n) is 6.85. The number of benzene rings is 1. The van der Waals surface area contributed by atoms with Crippen LogP contribution in [0.15, 0.2) is 24.3 Å². The van der Waals surface area contributed by atoms with Crippen LogP contribution in [-0.2, 0) is 0 Å². The molecule has 0 atom stereocenters. The second kappa shape index (κ2) is 7.85. The van der Waals surface area contributed by atoms with Gasteiger partial charge < -0.3 is 18.8 Å². The van der Waals surface area contributed by atoms with E-state index in [1.165, 1.54) is 25.7 Å². The van der Waals surface area contributed by atoms with E-state index in [0.717, 1.165) is 17.0 Å². The number of rotatable bonds is 7. The first kappa shape index (κ1) is 18.4. The molecule has 0 amide bonds. The fourth-order valence-corrected chi connectivity index (χ4v) is 3.88. The van der Waals surface area contributed by atoms with Gasteiger partial charge in [-0.1, -0.05) is 12.8 Å². The van der Waals surface area contributed by atoms with Crippen molar-refractivity contribution < 1.29 is 19.0 Å². The van der Waals surface area contributed by atoms with Crippen molar-refractivity contribution in [2.75, 3.05) is 20.8 Å². The molecule has 26 heavy (non-hydrogen) atoms. The van der Waals surface area contributed by atoms with E-state index < -0.39 is 0 Å². The number of aryl methyl sites for hydroxylation is 1. The van der Waals surface area contributed by atoms with Crippen LogP contribution in [0.3, 0.4) is 0 Å². The van der Waals surface area contributed by atoms with Crippen LogP contribution in [0.4, 0.5) is 0 Å². The molecular formula is C21H27NO4. The minimum atomic E-state index is -0.0101. The van der Waals surface area contributed by atoms with Gasteiger partial charge in [-0.15, -0.1) is 0 Å². The third kappa shape index (κ3) is 3.71. The third-order valence-corrected chi connectivity index (χ3v) is 5.17. The molecule has 0 bridgehead atoms. The number of carbonyl (C=O) groups is 1. The van der Waals surface area contributed by atoms with Crippen molar-refractivity contribution in [2.45, 2.75) is 45.6 Å². The zero-order chi connectivity index (χ0) is 18.7. The van der Waals surface area contributed by atoms with Crippen molar-refractivity contribution in [1.82, 2.24) is 4.57 Å². The Hall–Kier alpha value is -2.43. The number of nitrogens with zero attached hydrogens (tertiary/aromatic N) is 1. The monoisotopic (exact) mass is 357 g/mol. The molecule has 1 heterocycles. The number of ether oxygens (including phenoxy) is 3. The molecule has 5 heteroatoms. The van der Waals surface area contributed by atoms with Gasteiger partial charge in [0.1, 0.15) is 17.2 Å². The summed E-state index contributed by atoms with van der Waals surface area (Å²) in [6, 6.07) is 7.78. The molecule has 1 saturated carbocycles. The number of carbonyl (C=O) groups excluding carboxylic acids is 1. The average molecular weight is 357 g/mol. The summed E-state index contributed by atoms with van der Waals surface area (Å²) in [6.07, 6.45) is 4.94. The molecule has 2 aromatic rings. The lowest BCUT2D eigenvalue weighted by Gasteiger charge is -2.17. The van der Waals surface area contributed by atoms with Crippen molar-refractivity contribution in [2.24, 2.45) is 0 Å². The highest BCUT2D eigenvalue weighted by atomic mass is 16.5. The van der Waals surface area contributed by atoms with Crippen LogP contribution in [0.2, 0.25) is 0 Å². The molecule has 5 nitrogen and oxygen atoms in total. The number of Topliss-reactive ketones (excluding diaryl/α,β-unsaturated/α-hetero) is 1. The Morgan fingerprint density at radius 1 is 1.00 bits per heavy atom. The Labute approximate surface area is 154 Å². The van der Waals surface area contributed by atoms with Crippen LogP contribution in [-0.4, -0.2) is 31.2 Å². The molecule has 0 aliphatic heterocycles. The summed E-state index contributed by atoms with van der Waals surface area (Å²) in [4.78, 5) is 12.7. The normalized spacial score (nSPS) is 14.5. The van der Waals surface area contributed by atoms with Crippen LogP contribution in [0.25, 0.3) is 0 Å². The first-order valence-electron chi connectivity index (χ1n) is 9.11. The molecule has 0 saturated heterocycles. The maximum atomic E-state index is 12.7.